The first-order valence-electron chi connectivity index (χ1n) is 13.7. The maximum Gasteiger partial charge on any atom is 0.246 e. The highest BCUT2D eigenvalue weighted by Crippen LogP contribution is 2.25. The van der Waals surface area contributed by atoms with Gasteiger partial charge in [-0.25, -0.2) is 4.98 Å². The van der Waals surface area contributed by atoms with E-state index in [4.69, 9.17) is 10.2 Å². The summed E-state index contributed by atoms with van der Waals surface area (Å²) in [6, 6.07) is 12.7. The Morgan fingerprint density at radius 3 is 2.52 bits per heavy atom. The molecule has 1 aromatic heterocycles. The maximum absolute atomic E-state index is 12.5. The van der Waals surface area contributed by atoms with Gasteiger partial charge in [-0.2, -0.15) is 5.26 Å². The minimum atomic E-state index is -0.562. The molecule has 0 aliphatic carbocycles. The van der Waals surface area contributed by atoms with Crippen molar-refractivity contribution in [3.63, 3.8) is 0 Å². The van der Waals surface area contributed by atoms with Gasteiger partial charge in [0.1, 0.15) is 17.7 Å². The van der Waals surface area contributed by atoms with Crippen molar-refractivity contribution in [1.29, 1.82) is 5.26 Å². The number of carbonyl (C=O) groups excluding carboxylic acids is 2. The standard InChI is InChI=1S/C31H39N7O2/c1-24(37(4)29(39)12-10-20-36(2)3)31(40)33-19-7-5-6-11-26-15-18-28(35-30(26)38-21-8-9-22-38)34-27-16-13-25(23-32)14-17-27/h10,12-18,24H,5,7-9,19-22H2,1-4H3,(H,33,40)(H,34,35)/b12-10+/t24-/m0/s1. The van der Waals surface area contributed by atoms with Crippen LogP contribution in [0, 0.1) is 23.2 Å². The number of amides is 2. The van der Waals surface area contributed by atoms with Crippen LogP contribution in [-0.4, -0.2) is 80.0 Å². The fourth-order valence-electron chi connectivity index (χ4n) is 4.10. The third-order valence-electron chi connectivity index (χ3n) is 6.61. The minimum absolute atomic E-state index is 0.185. The number of benzene rings is 1. The number of carbonyl (C=O) groups is 2. The molecule has 9 nitrogen and oxygen atoms in total. The summed E-state index contributed by atoms with van der Waals surface area (Å²) in [7, 11) is 5.49. The van der Waals surface area contributed by atoms with Crippen molar-refractivity contribution in [3.8, 4) is 17.9 Å². The van der Waals surface area contributed by atoms with Gasteiger partial charge in [0.25, 0.3) is 0 Å². The molecule has 1 saturated heterocycles. The van der Waals surface area contributed by atoms with E-state index in [1.54, 1.807) is 32.2 Å². The second-order valence-electron chi connectivity index (χ2n) is 10.1. The molecule has 0 spiro atoms. The smallest absolute Gasteiger partial charge is 0.246 e. The quantitative estimate of drug-likeness (QED) is 0.255. The summed E-state index contributed by atoms with van der Waals surface area (Å²) in [5, 5.41) is 15.2. The topological polar surface area (TPSA) is 105 Å². The van der Waals surface area contributed by atoms with E-state index >= 15 is 0 Å². The molecule has 2 heterocycles. The van der Waals surface area contributed by atoms with Crippen LogP contribution in [0.1, 0.15) is 43.7 Å². The number of hydrogen-bond donors (Lipinski definition) is 2. The Balaban J connectivity index is 1.53. The second kappa shape index (κ2) is 15.3. The van der Waals surface area contributed by atoms with Gasteiger partial charge in [0.15, 0.2) is 0 Å². The maximum atomic E-state index is 12.5. The Hall–Kier alpha value is -4.34. The molecule has 9 heteroatoms. The molecule has 0 saturated carbocycles. The van der Waals surface area contributed by atoms with Crippen LogP contribution in [0.2, 0.25) is 0 Å². The molecule has 0 bridgehead atoms. The molecule has 1 atom stereocenters. The van der Waals surface area contributed by atoms with Gasteiger partial charge >= 0.3 is 0 Å². The summed E-state index contributed by atoms with van der Waals surface area (Å²) in [6.07, 6.45) is 6.88. The number of unbranched alkanes of at least 4 members (excludes halogenated alkanes) is 1. The number of anilines is 3. The number of rotatable bonds is 11. The summed E-state index contributed by atoms with van der Waals surface area (Å²) in [5.41, 5.74) is 2.36. The molecule has 0 unspecified atom stereocenters. The number of hydrogen-bond acceptors (Lipinski definition) is 7. The van der Waals surface area contributed by atoms with E-state index in [-0.39, 0.29) is 11.8 Å². The predicted molar refractivity (Wildman–Crippen MR) is 159 cm³/mol. The molecule has 2 aromatic rings. The van der Waals surface area contributed by atoms with E-state index in [1.165, 1.54) is 11.0 Å². The van der Waals surface area contributed by atoms with Crippen molar-refractivity contribution < 1.29 is 9.59 Å². The van der Waals surface area contributed by atoms with E-state index in [0.717, 1.165) is 48.8 Å². The lowest BCUT2D eigenvalue weighted by atomic mass is 10.2. The number of nitrogens with zero attached hydrogens (tertiary/aromatic N) is 5. The first-order valence-corrected chi connectivity index (χ1v) is 13.7. The van der Waals surface area contributed by atoms with Crippen LogP contribution in [0.15, 0.2) is 48.6 Å². The SMILES string of the molecule is C[C@@H](C(=O)NCCCC#Cc1ccc(Nc2ccc(C#N)cc2)nc1N1CCCC1)N(C)C(=O)/C=C/CN(C)C. The third-order valence-corrected chi connectivity index (χ3v) is 6.61. The lowest BCUT2D eigenvalue weighted by Gasteiger charge is -2.23. The van der Waals surface area contributed by atoms with Crippen LogP contribution in [0.3, 0.4) is 0 Å². The van der Waals surface area contributed by atoms with E-state index in [2.05, 4.69) is 33.4 Å². The van der Waals surface area contributed by atoms with E-state index in [0.29, 0.717) is 31.5 Å². The van der Waals surface area contributed by atoms with E-state index in [1.807, 2.05) is 43.3 Å². The highest BCUT2D eigenvalue weighted by molar-refractivity contribution is 5.92. The van der Waals surface area contributed by atoms with Gasteiger partial charge < -0.3 is 25.3 Å². The lowest BCUT2D eigenvalue weighted by molar-refractivity contribution is -0.135. The molecule has 1 aliphatic heterocycles. The Kier molecular flexibility index (Phi) is 11.6. The van der Waals surface area contributed by atoms with Crippen LogP contribution >= 0.6 is 0 Å². The average molecular weight is 542 g/mol. The fourth-order valence-corrected chi connectivity index (χ4v) is 4.10. The van der Waals surface area contributed by atoms with Crippen LogP contribution < -0.4 is 15.5 Å². The molecule has 210 valence electrons. The number of nitrogens with one attached hydrogen (secondary N) is 2. The number of aromatic nitrogens is 1. The summed E-state index contributed by atoms with van der Waals surface area (Å²) in [5.74, 6) is 7.72. The summed E-state index contributed by atoms with van der Waals surface area (Å²) in [4.78, 5) is 35.3. The van der Waals surface area contributed by atoms with E-state index in [9.17, 15) is 9.59 Å². The lowest BCUT2D eigenvalue weighted by Crippen LogP contribution is -2.45. The van der Waals surface area contributed by atoms with Gasteiger partial charge in [0, 0.05) is 51.4 Å². The first-order chi connectivity index (χ1) is 19.3. The largest absolute Gasteiger partial charge is 0.356 e. The third kappa shape index (κ3) is 9.14. The van der Waals surface area contributed by atoms with Gasteiger partial charge in [0.05, 0.1) is 17.2 Å². The monoisotopic (exact) mass is 541 g/mol. The molecule has 40 heavy (non-hydrogen) atoms. The van der Waals surface area contributed by atoms with Gasteiger partial charge in [-0.1, -0.05) is 17.9 Å². The van der Waals surface area contributed by atoms with Crippen LogP contribution in [0.5, 0.6) is 0 Å². The van der Waals surface area contributed by atoms with Crippen molar-refractivity contribution >= 4 is 29.1 Å². The second-order valence-corrected chi connectivity index (χ2v) is 10.1. The average Bonchev–Trinajstić information content (AvgIpc) is 3.49. The molecule has 1 aromatic carbocycles. The zero-order valence-electron chi connectivity index (χ0n) is 23.9. The van der Waals surface area contributed by atoms with Gasteiger partial charge in [0.2, 0.25) is 11.8 Å². The van der Waals surface area contributed by atoms with Gasteiger partial charge in [-0.05, 0) is 76.7 Å². The first kappa shape index (κ1) is 30.2. The van der Waals surface area contributed by atoms with Crippen LogP contribution in [0.25, 0.3) is 0 Å². The van der Waals surface area contributed by atoms with Crippen LogP contribution in [-0.2, 0) is 9.59 Å². The van der Waals surface area contributed by atoms with Crippen molar-refractivity contribution in [2.75, 3.05) is 57.5 Å². The molecule has 3 rings (SSSR count). The van der Waals surface area contributed by atoms with Crippen molar-refractivity contribution in [1.82, 2.24) is 20.1 Å². The van der Waals surface area contributed by atoms with Crippen molar-refractivity contribution in [2.24, 2.45) is 0 Å². The zero-order valence-corrected chi connectivity index (χ0v) is 23.9. The summed E-state index contributed by atoms with van der Waals surface area (Å²) in [6.45, 7) is 4.78. The van der Waals surface area contributed by atoms with Gasteiger partial charge in [-0.15, -0.1) is 0 Å². The number of likely N-dealkylation sites (N-methyl/N-ethyl adjacent to an activating group) is 2. The molecule has 1 aliphatic rings. The Labute approximate surface area is 237 Å². The molecular formula is C31H39N7O2. The Morgan fingerprint density at radius 2 is 1.85 bits per heavy atom. The van der Waals surface area contributed by atoms with Gasteiger partial charge in [-0.3, -0.25) is 9.59 Å². The minimum Gasteiger partial charge on any atom is -0.356 e. The Morgan fingerprint density at radius 1 is 1.12 bits per heavy atom. The van der Waals surface area contributed by atoms with E-state index < -0.39 is 6.04 Å². The molecular weight excluding hydrogens is 502 g/mol. The van der Waals surface area contributed by atoms with Crippen LogP contribution in [0.4, 0.5) is 17.3 Å². The highest BCUT2D eigenvalue weighted by Gasteiger charge is 2.20. The normalized spacial score (nSPS) is 13.4. The molecule has 2 N–H and O–H groups in total. The summed E-state index contributed by atoms with van der Waals surface area (Å²) < 4.78 is 0. The molecule has 2 amide bonds. The van der Waals surface area contributed by atoms with Crippen molar-refractivity contribution in [2.45, 2.75) is 38.6 Å². The van der Waals surface area contributed by atoms with Crippen molar-refractivity contribution in [3.05, 3.63) is 59.7 Å². The summed E-state index contributed by atoms with van der Waals surface area (Å²) >= 11 is 0. The highest BCUT2D eigenvalue weighted by atomic mass is 16.2. The zero-order chi connectivity index (χ0) is 28.9. The Bertz CT molecular complexity index is 1280. The number of pyridine rings is 1. The molecule has 0 radical (unpaired) electrons. The fraction of sp³-hybridized carbons (Fsp3) is 0.419. The number of nitriles is 1. The predicted octanol–water partition coefficient (Wildman–Crippen LogP) is 3.51. The molecule has 1 fully saturated rings.